The number of nitrogens with two attached hydrogens (primary N) is 1. The number of fused-ring (bicyclic) bond motifs is 1. The van der Waals surface area contributed by atoms with Crippen molar-refractivity contribution in [2.75, 3.05) is 5.73 Å². The Morgan fingerprint density at radius 2 is 1.94 bits per heavy atom. The fraction of sp³-hybridized carbons (Fsp3) is 0.0833. The number of phenolic OH excluding ortho intramolecular Hbond substituents is 1. The first kappa shape index (κ1) is 11.0. The zero-order valence-electron chi connectivity index (χ0n) is 8.90. The number of aryl methyl sites for hydroxylation is 1. The van der Waals surface area contributed by atoms with E-state index in [-0.39, 0.29) is 5.75 Å². The molecule has 2 aromatic carbocycles. The van der Waals surface area contributed by atoms with Gasteiger partial charge >= 0.3 is 0 Å². The Morgan fingerprint density at radius 1 is 1.25 bits per heavy atom. The molecule has 1 unspecified atom stereocenters. The molecule has 4 heteroatoms. The minimum Gasteiger partial charge on any atom is -0.507 e. The van der Waals surface area contributed by atoms with E-state index in [1.807, 2.05) is 13.0 Å². The Balaban J connectivity index is 2.88. The average molecular weight is 235 g/mol. The van der Waals surface area contributed by atoms with Gasteiger partial charge in [-0.15, -0.1) is 0 Å². The summed E-state index contributed by atoms with van der Waals surface area (Å²) in [6.07, 6.45) is 0. The largest absolute Gasteiger partial charge is 0.507 e. The predicted octanol–water partition coefficient (Wildman–Crippen LogP) is 2.97. The van der Waals surface area contributed by atoms with Crippen LogP contribution in [0.2, 0.25) is 0 Å². The zero-order valence-corrected chi connectivity index (χ0v) is 9.71. The van der Waals surface area contributed by atoms with Crippen LogP contribution in [-0.4, -0.2) is 15.5 Å². The van der Waals surface area contributed by atoms with E-state index in [1.54, 1.807) is 12.1 Å². The van der Waals surface area contributed by atoms with Gasteiger partial charge in [0.25, 0.3) is 0 Å². The van der Waals surface area contributed by atoms with E-state index in [4.69, 9.17) is 5.73 Å². The normalized spacial score (nSPS) is 12.9. The molecule has 0 saturated carbocycles. The summed E-state index contributed by atoms with van der Waals surface area (Å²) in [4.78, 5) is 0.610. The van der Waals surface area contributed by atoms with Gasteiger partial charge in [-0.1, -0.05) is 0 Å². The molecule has 0 fully saturated rings. The molecular weight excluding hydrogens is 222 g/mol. The lowest BCUT2D eigenvalue weighted by atomic mass is 10.0. The van der Waals surface area contributed by atoms with Crippen LogP contribution >= 0.6 is 10.8 Å². The Bertz CT molecular complexity index is 593. The van der Waals surface area contributed by atoms with Crippen molar-refractivity contribution >= 4 is 33.1 Å². The Labute approximate surface area is 96.3 Å². The number of hydrogen-bond donors (Lipinski definition) is 3. The van der Waals surface area contributed by atoms with E-state index in [2.05, 4.69) is 5.87 Å². The number of phenols is 1. The fourth-order valence-electron chi connectivity index (χ4n) is 1.69. The maximum atomic E-state index is 9.84. The molecule has 16 heavy (non-hydrogen) atoms. The average Bonchev–Trinajstić information content (AvgIpc) is 2.23. The summed E-state index contributed by atoms with van der Waals surface area (Å²) < 4.78 is 9.44. The molecule has 4 N–H and O–H groups in total. The molecule has 0 aliphatic carbocycles. The summed E-state index contributed by atoms with van der Waals surface area (Å²) in [5.74, 6) is 3.69. The standard InChI is InChI=1S/C12H13NO2S/c1-7-10-5-8(16(2)15)6-12(14)9(10)3-4-11(7)13/h3-6,14-15H,2,13H2,1H3. The quantitative estimate of drug-likeness (QED) is 0.526. The molecule has 0 radical (unpaired) electrons. The molecule has 0 heterocycles. The molecule has 84 valence electrons. The molecule has 0 aliphatic heterocycles. The van der Waals surface area contributed by atoms with Crippen LogP contribution in [-0.2, 0) is 0 Å². The van der Waals surface area contributed by atoms with Crippen molar-refractivity contribution in [3.05, 3.63) is 29.8 Å². The second-order valence-electron chi connectivity index (χ2n) is 3.68. The third-order valence-corrected chi connectivity index (χ3v) is 3.45. The summed E-state index contributed by atoms with van der Waals surface area (Å²) >= 11 is 0. The highest BCUT2D eigenvalue weighted by molar-refractivity contribution is 8.09. The molecule has 0 saturated heterocycles. The lowest BCUT2D eigenvalue weighted by Gasteiger charge is -2.09. The number of aromatic hydroxyl groups is 1. The molecular formula is C12H13NO2S. The fourth-order valence-corrected chi connectivity index (χ4v) is 2.19. The van der Waals surface area contributed by atoms with Gasteiger partial charge in [-0.3, -0.25) is 0 Å². The first-order valence-corrected chi connectivity index (χ1v) is 6.10. The van der Waals surface area contributed by atoms with Crippen molar-refractivity contribution in [1.29, 1.82) is 0 Å². The van der Waals surface area contributed by atoms with Crippen LogP contribution in [0.3, 0.4) is 0 Å². The highest BCUT2D eigenvalue weighted by Gasteiger charge is 2.07. The summed E-state index contributed by atoms with van der Waals surface area (Å²) in [7, 11) is -1.11. The Hall–Kier alpha value is -1.52. The highest BCUT2D eigenvalue weighted by Crippen LogP contribution is 2.35. The van der Waals surface area contributed by atoms with Crippen LogP contribution in [0, 0.1) is 6.92 Å². The van der Waals surface area contributed by atoms with Crippen molar-refractivity contribution in [2.45, 2.75) is 11.8 Å². The van der Waals surface area contributed by atoms with Gasteiger partial charge in [0, 0.05) is 16.0 Å². The van der Waals surface area contributed by atoms with Crippen LogP contribution in [0.25, 0.3) is 10.8 Å². The van der Waals surface area contributed by atoms with E-state index in [0.29, 0.717) is 10.6 Å². The molecule has 1 atom stereocenters. The van der Waals surface area contributed by atoms with Crippen LogP contribution in [0.1, 0.15) is 5.56 Å². The number of rotatable bonds is 1. The second-order valence-corrected chi connectivity index (χ2v) is 4.88. The van der Waals surface area contributed by atoms with E-state index < -0.39 is 10.8 Å². The molecule has 2 aromatic rings. The molecule has 2 rings (SSSR count). The van der Waals surface area contributed by atoms with Gasteiger partial charge in [0.2, 0.25) is 0 Å². The Kier molecular flexibility index (Phi) is 2.61. The molecule has 0 bridgehead atoms. The molecule has 3 nitrogen and oxygen atoms in total. The van der Waals surface area contributed by atoms with Gasteiger partial charge in [-0.05, 0) is 58.8 Å². The predicted molar refractivity (Wildman–Crippen MR) is 70.4 cm³/mol. The monoisotopic (exact) mass is 235 g/mol. The molecule has 0 aromatic heterocycles. The molecule has 0 aliphatic rings. The third kappa shape index (κ3) is 1.66. The van der Waals surface area contributed by atoms with Crippen molar-refractivity contribution in [3.63, 3.8) is 0 Å². The number of benzene rings is 2. The van der Waals surface area contributed by atoms with Crippen molar-refractivity contribution in [1.82, 2.24) is 0 Å². The number of anilines is 1. The van der Waals surface area contributed by atoms with E-state index >= 15 is 0 Å². The van der Waals surface area contributed by atoms with Gasteiger partial charge in [0.1, 0.15) is 5.75 Å². The highest BCUT2D eigenvalue weighted by atomic mass is 32.2. The van der Waals surface area contributed by atoms with Crippen LogP contribution in [0.5, 0.6) is 5.75 Å². The van der Waals surface area contributed by atoms with Crippen LogP contribution in [0.4, 0.5) is 5.69 Å². The first-order chi connectivity index (χ1) is 7.50. The van der Waals surface area contributed by atoms with Crippen molar-refractivity contribution < 1.29 is 9.66 Å². The van der Waals surface area contributed by atoms with Crippen molar-refractivity contribution in [2.24, 2.45) is 0 Å². The van der Waals surface area contributed by atoms with Gasteiger partial charge in [-0.25, -0.2) is 0 Å². The van der Waals surface area contributed by atoms with Gasteiger partial charge < -0.3 is 15.4 Å². The van der Waals surface area contributed by atoms with E-state index in [9.17, 15) is 9.66 Å². The van der Waals surface area contributed by atoms with Gasteiger partial charge in [0.05, 0.1) is 0 Å². The first-order valence-electron chi connectivity index (χ1n) is 4.75. The second kappa shape index (κ2) is 3.81. The summed E-state index contributed by atoms with van der Waals surface area (Å²) in [5.41, 5.74) is 7.38. The number of nitrogen functional groups attached to an aromatic ring is 1. The lowest BCUT2D eigenvalue weighted by molar-refractivity contribution is 0.480. The maximum absolute atomic E-state index is 9.84. The van der Waals surface area contributed by atoms with Crippen LogP contribution in [0.15, 0.2) is 29.2 Å². The third-order valence-electron chi connectivity index (χ3n) is 2.67. The topological polar surface area (TPSA) is 66.5 Å². The molecule has 0 spiro atoms. The lowest BCUT2D eigenvalue weighted by Crippen LogP contribution is -1.90. The zero-order chi connectivity index (χ0) is 11.9. The number of hydrogen-bond acceptors (Lipinski definition) is 3. The maximum Gasteiger partial charge on any atom is 0.124 e. The van der Waals surface area contributed by atoms with E-state index in [0.717, 1.165) is 16.3 Å². The summed E-state index contributed by atoms with van der Waals surface area (Å²) in [5, 5.41) is 11.4. The minimum atomic E-state index is -1.11. The Morgan fingerprint density at radius 3 is 2.56 bits per heavy atom. The SMILES string of the molecule is C=S(O)c1cc(O)c2ccc(N)c(C)c2c1. The van der Waals surface area contributed by atoms with E-state index in [1.165, 1.54) is 6.07 Å². The summed E-state index contributed by atoms with van der Waals surface area (Å²) in [6.45, 7) is 1.89. The van der Waals surface area contributed by atoms with Crippen molar-refractivity contribution in [3.8, 4) is 5.75 Å². The molecule has 0 amide bonds. The van der Waals surface area contributed by atoms with Gasteiger partial charge in [-0.2, -0.15) is 0 Å². The smallest absolute Gasteiger partial charge is 0.124 e. The van der Waals surface area contributed by atoms with Crippen LogP contribution < -0.4 is 5.73 Å². The summed E-state index contributed by atoms with van der Waals surface area (Å²) in [6, 6.07) is 6.89. The van der Waals surface area contributed by atoms with Gasteiger partial charge in [0.15, 0.2) is 0 Å². The minimum absolute atomic E-state index is 0.144.